The SMILES string of the molecule is COc1ccc2c(c1)NC1O[C@@H]3C[C@@H](C=O)N(C3)C(=O)[C@H](C3CCCC3)NC(=O)N3CC[C@@H](C3)OCCC/C=C/C1=C2. The van der Waals surface area contributed by atoms with Gasteiger partial charge in [0.2, 0.25) is 5.91 Å². The number of hydrogen-bond donors (Lipinski definition) is 2. The van der Waals surface area contributed by atoms with Crippen LogP contribution in [0.15, 0.2) is 35.9 Å². The molecule has 226 valence electrons. The van der Waals surface area contributed by atoms with Gasteiger partial charge >= 0.3 is 6.03 Å². The lowest BCUT2D eigenvalue weighted by molar-refractivity contribution is -0.138. The Morgan fingerprint density at radius 3 is 2.71 bits per heavy atom. The Hall–Kier alpha value is -3.37. The lowest BCUT2D eigenvalue weighted by Gasteiger charge is -2.32. The molecule has 4 bridgehead atoms. The van der Waals surface area contributed by atoms with Crippen LogP contribution >= 0.6 is 0 Å². The Balaban J connectivity index is 1.28. The third-order valence-corrected chi connectivity index (χ3v) is 9.27. The molecule has 6 rings (SSSR count). The summed E-state index contributed by atoms with van der Waals surface area (Å²) in [7, 11) is 1.64. The van der Waals surface area contributed by atoms with Crippen LogP contribution in [-0.4, -0.2) is 91.9 Å². The summed E-state index contributed by atoms with van der Waals surface area (Å²) < 4.78 is 18.1. The minimum absolute atomic E-state index is 0.00208. The summed E-state index contributed by atoms with van der Waals surface area (Å²) in [5.41, 5.74) is 2.91. The maximum atomic E-state index is 14.1. The monoisotopic (exact) mass is 578 g/mol. The third-order valence-electron chi connectivity index (χ3n) is 9.27. The van der Waals surface area contributed by atoms with Gasteiger partial charge in [0.05, 0.1) is 25.4 Å². The largest absolute Gasteiger partial charge is 0.497 e. The van der Waals surface area contributed by atoms with Gasteiger partial charge in [0.15, 0.2) is 6.23 Å². The average Bonchev–Trinajstić information content (AvgIpc) is 3.78. The second-order valence-electron chi connectivity index (χ2n) is 12.1. The second kappa shape index (κ2) is 12.9. The summed E-state index contributed by atoms with van der Waals surface area (Å²) in [4.78, 5) is 43.0. The number of ether oxygens (including phenoxy) is 3. The summed E-state index contributed by atoms with van der Waals surface area (Å²) in [6.07, 6.45) is 13.1. The first-order valence-electron chi connectivity index (χ1n) is 15.4. The number of carbonyl (C=O) groups excluding carboxylic acids is 3. The Bertz CT molecular complexity index is 1230. The van der Waals surface area contributed by atoms with Crippen molar-refractivity contribution in [3.05, 3.63) is 41.5 Å². The van der Waals surface area contributed by atoms with E-state index in [0.29, 0.717) is 32.7 Å². The van der Waals surface area contributed by atoms with Gasteiger partial charge in [-0.3, -0.25) is 4.79 Å². The molecule has 0 radical (unpaired) electrons. The van der Waals surface area contributed by atoms with Crippen molar-refractivity contribution in [2.24, 2.45) is 5.92 Å². The van der Waals surface area contributed by atoms with E-state index in [2.05, 4.69) is 28.9 Å². The number of nitrogens with zero attached hydrogens (tertiary/aromatic N) is 2. The number of urea groups is 1. The number of carbonyl (C=O) groups is 3. The van der Waals surface area contributed by atoms with Crippen LogP contribution in [0.2, 0.25) is 0 Å². The number of allylic oxidation sites excluding steroid dienone is 1. The van der Waals surface area contributed by atoms with Gasteiger partial charge in [0.1, 0.15) is 18.1 Å². The minimum Gasteiger partial charge on any atom is -0.497 e. The highest BCUT2D eigenvalue weighted by Crippen LogP contribution is 2.35. The van der Waals surface area contributed by atoms with Crippen molar-refractivity contribution >= 4 is 30.0 Å². The number of methoxy groups -OCH3 is 1. The van der Waals surface area contributed by atoms with E-state index in [4.69, 9.17) is 14.2 Å². The summed E-state index contributed by atoms with van der Waals surface area (Å²) >= 11 is 0. The molecule has 4 heterocycles. The van der Waals surface area contributed by atoms with Gasteiger partial charge in [-0.25, -0.2) is 4.79 Å². The van der Waals surface area contributed by atoms with E-state index in [1.54, 1.807) is 16.9 Å². The average molecular weight is 579 g/mol. The summed E-state index contributed by atoms with van der Waals surface area (Å²) in [5.74, 6) is 0.614. The number of hydrogen-bond acceptors (Lipinski definition) is 7. The van der Waals surface area contributed by atoms with Crippen LogP contribution < -0.4 is 15.4 Å². The summed E-state index contributed by atoms with van der Waals surface area (Å²) in [6, 6.07) is 4.41. The summed E-state index contributed by atoms with van der Waals surface area (Å²) in [6.45, 7) is 2.04. The zero-order chi connectivity index (χ0) is 29.1. The molecule has 42 heavy (non-hydrogen) atoms. The molecule has 10 nitrogen and oxygen atoms in total. The molecule has 3 amide bonds. The maximum Gasteiger partial charge on any atom is 0.318 e. The van der Waals surface area contributed by atoms with Crippen LogP contribution in [0.5, 0.6) is 5.75 Å². The van der Waals surface area contributed by atoms with E-state index in [1.807, 2.05) is 18.2 Å². The van der Waals surface area contributed by atoms with Gasteiger partial charge < -0.3 is 39.4 Å². The van der Waals surface area contributed by atoms with Gasteiger partial charge in [0, 0.05) is 50.0 Å². The molecule has 0 spiro atoms. The predicted octanol–water partition coefficient (Wildman–Crippen LogP) is 3.72. The standard InChI is InChI=1S/C32H42N4O6/c1-40-25-11-10-22-15-23-9-3-2-6-14-41-26-12-13-35(18-26)32(39)34-29(21-7-4-5-8-21)31(38)36-19-27(16-24(36)20-37)42-30(23)33-28(22)17-25/h3,9-11,15,17,20-21,24,26-27,29-30,33H,2,4-8,12-14,16,18-19H2,1H3,(H,34,39)/b9-3+/t24-,26-,27+,29-,30?/m0/s1. The third kappa shape index (κ3) is 6.20. The van der Waals surface area contributed by atoms with Crippen LogP contribution in [0, 0.1) is 5.92 Å². The molecule has 2 saturated heterocycles. The predicted molar refractivity (Wildman–Crippen MR) is 158 cm³/mol. The first-order chi connectivity index (χ1) is 20.5. The highest BCUT2D eigenvalue weighted by Gasteiger charge is 2.43. The number of benzene rings is 1. The number of amides is 3. The molecule has 5 atom stereocenters. The highest BCUT2D eigenvalue weighted by molar-refractivity contribution is 5.89. The highest BCUT2D eigenvalue weighted by atomic mass is 16.5. The Labute approximate surface area is 247 Å². The number of rotatable bonds is 3. The topological polar surface area (TPSA) is 109 Å². The zero-order valence-corrected chi connectivity index (χ0v) is 24.3. The Morgan fingerprint density at radius 1 is 1.05 bits per heavy atom. The van der Waals surface area contributed by atoms with Crippen LogP contribution in [0.1, 0.15) is 56.9 Å². The number of anilines is 1. The molecule has 2 N–H and O–H groups in total. The van der Waals surface area contributed by atoms with Gasteiger partial charge in [-0.1, -0.05) is 25.0 Å². The Kier molecular flexibility index (Phi) is 8.81. The van der Waals surface area contributed by atoms with Crippen molar-refractivity contribution in [2.75, 3.05) is 38.7 Å². The molecule has 4 aliphatic heterocycles. The fourth-order valence-corrected chi connectivity index (χ4v) is 6.93. The second-order valence-corrected chi connectivity index (χ2v) is 12.1. The van der Waals surface area contributed by atoms with Crippen LogP contribution in [0.25, 0.3) is 6.08 Å². The molecule has 1 aliphatic carbocycles. The first-order valence-corrected chi connectivity index (χ1v) is 15.4. The van der Waals surface area contributed by atoms with Crippen LogP contribution in [0.3, 0.4) is 0 Å². The molecule has 1 aromatic rings. The van der Waals surface area contributed by atoms with Crippen molar-refractivity contribution in [3.63, 3.8) is 0 Å². The first kappa shape index (κ1) is 28.7. The van der Waals surface area contributed by atoms with Gasteiger partial charge in [0.25, 0.3) is 0 Å². The minimum atomic E-state index is -0.659. The van der Waals surface area contributed by atoms with E-state index < -0.39 is 18.3 Å². The number of nitrogens with one attached hydrogen (secondary N) is 2. The maximum absolute atomic E-state index is 14.1. The van der Waals surface area contributed by atoms with Gasteiger partial charge in [-0.05, 0) is 61.8 Å². The molecule has 10 heteroatoms. The normalized spacial score (nSPS) is 31.5. The lowest BCUT2D eigenvalue weighted by atomic mass is 9.96. The molecule has 3 fully saturated rings. The molecule has 1 aromatic carbocycles. The molecule has 1 saturated carbocycles. The molecule has 1 unspecified atom stereocenters. The molecule has 5 aliphatic rings. The van der Waals surface area contributed by atoms with Crippen molar-refractivity contribution in [1.82, 2.24) is 15.1 Å². The van der Waals surface area contributed by atoms with Crippen molar-refractivity contribution in [1.29, 1.82) is 0 Å². The van der Waals surface area contributed by atoms with E-state index in [1.165, 1.54) is 0 Å². The number of fused-ring (bicyclic) bond motifs is 6. The molecular formula is C32H42N4O6. The Morgan fingerprint density at radius 2 is 1.90 bits per heavy atom. The lowest BCUT2D eigenvalue weighted by Crippen LogP contribution is -2.56. The summed E-state index contributed by atoms with van der Waals surface area (Å²) in [5, 5.41) is 6.59. The fraction of sp³-hybridized carbons (Fsp3) is 0.594. The van der Waals surface area contributed by atoms with Crippen molar-refractivity contribution in [2.45, 2.75) is 81.9 Å². The van der Waals surface area contributed by atoms with Gasteiger partial charge in [-0.15, -0.1) is 0 Å². The van der Waals surface area contributed by atoms with Crippen LogP contribution in [-0.2, 0) is 19.1 Å². The van der Waals surface area contributed by atoms with Crippen LogP contribution in [0.4, 0.5) is 10.5 Å². The van der Waals surface area contributed by atoms with E-state index in [-0.39, 0.29) is 30.1 Å². The number of aldehydes is 1. The fourth-order valence-electron chi connectivity index (χ4n) is 6.93. The molecule has 0 aromatic heterocycles. The smallest absolute Gasteiger partial charge is 0.318 e. The van der Waals surface area contributed by atoms with Crippen molar-refractivity contribution in [3.8, 4) is 5.75 Å². The zero-order valence-electron chi connectivity index (χ0n) is 24.3. The van der Waals surface area contributed by atoms with Crippen molar-refractivity contribution < 1.29 is 28.6 Å². The van der Waals surface area contributed by atoms with Gasteiger partial charge in [-0.2, -0.15) is 0 Å². The van der Waals surface area contributed by atoms with E-state index >= 15 is 0 Å². The quantitative estimate of drug-likeness (QED) is 0.526. The van der Waals surface area contributed by atoms with E-state index in [9.17, 15) is 14.4 Å². The van der Waals surface area contributed by atoms with E-state index in [0.717, 1.165) is 73.8 Å². The molecular weight excluding hydrogens is 536 g/mol.